The molecule has 0 aliphatic heterocycles. The van der Waals surface area contributed by atoms with Gasteiger partial charge in [0.15, 0.2) is 5.16 Å². The number of rotatable bonds is 19. The number of ether oxygens (including phenoxy) is 2. The molecule has 1 aromatic heterocycles. The molecule has 0 radical (unpaired) electrons. The lowest BCUT2D eigenvalue weighted by Crippen LogP contribution is -2.34. The highest BCUT2D eigenvalue weighted by molar-refractivity contribution is 7.99. The van der Waals surface area contributed by atoms with E-state index in [1.807, 2.05) is 53.4 Å². The van der Waals surface area contributed by atoms with E-state index in [1.54, 1.807) is 26.0 Å². The normalized spacial score (nSPS) is 11.1. The molecule has 0 aliphatic rings. The van der Waals surface area contributed by atoms with Crippen molar-refractivity contribution in [2.75, 3.05) is 33.1 Å². The lowest BCUT2D eigenvalue weighted by Gasteiger charge is -2.23. The van der Waals surface area contributed by atoms with Crippen molar-refractivity contribution >= 4 is 17.7 Å². The van der Waals surface area contributed by atoms with Gasteiger partial charge in [-0.05, 0) is 79.4 Å². The Kier molecular flexibility index (Phi) is 14.0. The second-order valence-corrected chi connectivity index (χ2v) is 12.4. The Balaban J connectivity index is 1.33. The van der Waals surface area contributed by atoms with E-state index < -0.39 is 11.6 Å². The number of halogens is 2. The Morgan fingerprint density at radius 1 is 0.804 bits per heavy atom. The van der Waals surface area contributed by atoms with Crippen LogP contribution in [0.2, 0.25) is 0 Å². The van der Waals surface area contributed by atoms with Gasteiger partial charge in [-0.15, -0.1) is 0 Å². The highest BCUT2D eigenvalue weighted by Gasteiger charge is 2.17. The summed E-state index contributed by atoms with van der Waals surface area (Å²) in [5.41, 5.74) is 4.07. The van der Waals surface area contributed by atoms with Crippen molar-refractivity contribution < 1.29 is 23.0 Å². The molecule has 1 amide bonds. The molecule has 0 saturated heterocycles. The average molecular weight is 650 g/mol. The van der Waals surface area contributed by atoms with Crippen molar-refractivity contribution in [3.63, 3.8) is 0 Å². The number of hydrogen-bond donors (Lipinski definition) is 1. The van der Waals surface area contributed by atoms with E-state index in [4.69, 9.17) is 14.5 Å². The zero-order valence-corrected chi connectivity index (χ0v) is 27.9. The van der Waals surface area contributed by atoms with Crippen LogP contribution in [-0.4, -0.2) is 53.8 Å². The maximum absolute atomic E-state index is 14.2. The lowest BCUT2D eigenvalue weighted by atomic mass is 10.0. The fourth-order valence-corrected chi connectivity index (χ4v) is 6.17. The zero-order valence-electron chi connectivity index (χ0n) is 27.1. The SMILES string of the molecule is CCCCCCCN(CCCCCSc1nc(-c2ccc(OC)cc2)c(-c2ccc(OC)cc2)[nH]1)C(=O)Cc1ccc(F)cc1F. The van der Waals surface area contributed by atoms with Crippen molar-refractivity contribution in [1.82, 2.24) is 14.9 Å². The van der Waals surface area contributed by atoms with Crippen LogP contribution >= 0.6 is 11.8 Å². The molecule has 1 heterocycles. The summed E-state index contributed by atoms with van der Waals surface area (Å²) >= 11 is 1.68. The van der Waals surface area contributed by atoms with Crippen LogP contribution in [0, 0.1) is 11.6 Å². The van der Waals surface area contributed by atoms with Gasteiger partial charge in [-0.1, -0.05) is 56.9 Å². The van der Waals surface area contributed by atoms with Crippen molar-refractivity contribution in [2.24, 2.45) is 0 Å². The summed E-state index contributed by atoms with van der Waals surface area (Å²) in [6.07, 6.45) is 8.22. The number of methoxy groups -OCH3 is 2. The Hall–Kier alpha value is -3.85. The first kappa shape index (κ1) is 35.0. The van der Waals surface area contributed by atoms with Crippen LogP contribution in [0.25, 0.3) is 22.5 Å². The first-order valence-electron chi connectivity index (χ1n) is 16.1. The summed E-state index contributed by atoms with van der Waals surface area (Å²) in [6, 6.07) is 19.2. The highest BCUT2D eigenvalue weighted by Crippen LogP contribution is 2.34. The largest absolute Gasteiger partial charge is 0.497 e. The van der Waals surface area contributed by atoms with Crippen molar-refractivity contribution in [1.29, 1.82) is 0 Å². The molecule has 246 valence electrons. The molecule has 1 N–H and O–H groups in total. The molecule has 0 saturated carbocycles. The van der Waals surface area contributed by atoms with Crippen LogP contribution in [-0.2, 0) is 11.2 Å². The van der Waals surface area contributed by atoms with Crippen LogP contribution in [0.5, 0.6) is 11.5 Å². The third-order valence-corrected chi connectivity index (χ3v) is 8.94. The van der Waals surface area contributed by atoms with Gasteiger partial charge in [0.05, 0.1) is 32.0 Å². The Labute approximate surface area is 275 Å². The number of nitrogens with one attached hydrogen (secondary N) is 1. The molecular weight excluding hydrogens is 604 g/mol. The average Bonchev–Trinajstić information content (AvgIpc) is 3.50. The first-order valence-corrected chi connectivity index (χ1v) is 17.1. The number of nitrogens with zero attached hydrogens (tertiary/aromatic N) is 2. The fourth-order valence-electron chi connectivity index (χ4n) is 5.30. The van der Waals surface area contributed by atoms with Crippen LogP contribution in [0.3, 0.4) is 0 Å². The molecule has 0 bridgehead atoms. The minimum Gasteiger partial charge on any atom is -0.497 e. The highest BCUT2D eigenvalue weighted by atomic mass is 32.2. The number of amides is 1. The number of aromatic amines is 1. The third kappa shape index (κ3) is 10.3. The molecule has 46 heavy (non-hydrogen) atoms. The summed E-state index contributed by atoms with van der Waals surface area (Å²) in [5, 5.41) is 0.849. The summed E-state index contributed by atoms with van der Waals surface area (Å²) in [6.45, 7) is 3.47. The van der Waals surface area contributed by atoms with Crippen LogP contribution < -0.4 is 9.47 Å². The quantitative estimate of drug-likeness (QED) is 0.0810. The summed E-state index contributed by atoms with van der Waals surface area (Å²) in [5.74, 6) is 1.05. The molecule has 0 fully saturated rings. The number of imidazole rings is 1. The van der Waals surface area contributed by atoms with Gasteiger partial charge in [-0.2, -0.15) is 0 Å². The monoisotopic (exact) mass is 649 g/mol. The number of aromatic nitrogens is 2. The zero-order chi connectivity index (χ0) is 32.7. The minimum absolute atomic E-state index is 0.0531. The van der Waals surface area contributed by atoms with E-state index in [9.17, 15) is 13.6 Å². The maximum Gasteiger partial charge on any atom is 0.227 e. The summed E-state index contributed by atoms with van der Waals surface area (Å²) < 4.78 is 38.3. The van der Waals surface area contributed by atoms with E-state index in [0.29, 0.717) is 13.1 Å². The van der Waals surface area contributed by atoms with Crippen LogP contribution in [0.4, 0.5) is 8.78 Å². The molecule has 3 aromatic carbocycles. The van der Waals surface area contributed by atoms with Gasteiger partial charge in [0.2, 0.25) is 5.91 Å². The standard InChI is InChI=1S/C37H45F2N3O3S/c1-4-5-6-7-9-22-42(34(43)25-29-12-17-30(38)26-33(29)39)23-10-8-11-24-46-37-40-35(27-13-18-31(44-2)19-14-27)36(41-37)28-15-20-32(45-3)21-16-28/h12-21,26H,4-11,22-25H2,1-3H3,(H,40,41). The smallest absolute Gasteiger partial charge is 0.227 e. The molecule has 6 nitrogen and oxygen atoms in total. The molecular formula is C37H45F2N3O3S. The first-order chi connectivity index (χ1) is 22.4. The predicted molar refractivity (Wildman–Crippen MR) is 183 cm³/mol. The molecule has 0 aliphatic carbocycles. The number of H-pyrrole nitrogens is 1. The van der Waals surface area contributed by atoms with Crippen molar-refractivity contribution in [2.45, 2.75) is 69.9 Å². The number of benzene rings is 3. The maximum atomic E-state index is 14.2. The molecule has 9 heteroatoms. The van der Waals surface area contributed by atoms with Crippen LogP contribution in [0.1, 0.15) is 63.9 Å². The number of carbonyl (C=O) groups excluding carboxylic acids is 1. The lowest BCUT2D eigenvalue weighted by molar-refractivity contribution is -0.130. The van der Waals surface area contributed by atoms with Gasteiger partial charge in [0, 0.05) is 36.0 Å². The molecule has 4 rings (SSSR count). The molecule has 0 atom stereocenters. The van der Waals surface area contributed by atoms with Gasteiger partial charge in [0.25, 0.3) is 0 Å². The summed E-state index contributed by atoms with van der Waals surface area (Å²) in [4.78, 5) is 23.5. The number of unbranched alkanes of at least 4 members (excludes halogenated alkanes) is 6. The second kappa shape index (κ2) is 18.3. The van der Waals surface area contributed by atoms with E-state index in [2.05, 4.69) is 11.9 Å². The Morgan fingerprint density at radius 3 is 2.02 bits per heavy atom. The molecule has 4 aromatic rings. The minimum atomic E-state index is -0.670. The van der Waals surface area contributed by atoms with Gasteiger partial charge in [-0.25, -0.2) is 13.8 Å². The van der Waals surface area contributed by atoms with E-state index in [1.165, 1.54) is 18.6 Å². The van der Waals surface area contributed by atoms with E-state index in [0.717, 1.165) is 95.9 Å². The number of carbonyl (C=O) groups is 1. The van der Waals surface area contributed by atoms with Crippen molar-refractivity contribution in [3.05, 3.63) is 83.9 Å². The van der Waals surface area contributed by atoms with Gasteiger partial charge >= 0.3 is 0 Å². The Morgan fingerprint density at radius 2 is 1.41 bits per heavy atom. The van der Waals surface area contributed by atoms with Crippen LogP contribution in [0.15, 0.2) is 71.9 Å². The topological polar surface area (TPSA) is 67.5 Å². The molecule has 0 spiro atoms. The van der Waals surface area contributed by atoms with E-state index >= 15 is 0 Å². The predicted octanol–water partition coefficient (Wildman–Crippen LogP) is 9.34. The number of hydrogen-bond acceptors (Lipinski definition) is 5. The summed E-state index contributed by atoms with van der Waals surface area (Å²) in [7, 11) is 3.31. The Bertz CT molecular complexity index is 1440. The van der Waals surface area contributed by atoms with Gasteiger partial charge < -0.3 is 19.4 Å². The van der Waals surface area contributed by atoms with Gasteiger partial charge in [0.1, 0.15) is 23.1 Å². The number of thioether (sulfide) groups is 1. The van der Waals surface area contributed by atoms with Crippen molar-refractivity contribution in [3.8, 4) is 34.0 Å². The molecule has 0 unspecified atom stereocenters. The van der Waals surface area contributed by atoms with E-state index in [-0.39, 0.29) is 17.9 Å². The second-order valence-electron chi connectivity index (χ2n) is 11.3. The fraction of sp³-hybridized carbons (Fsp3) is 0.405. The van der Waals surface area contributed by atoms with Gasteiger partial charge in [-0.3, -0.25) is 4.79 Å². The third-order valence-electron chi connectivity index (χ3n) is 7.98.